The Morgan fingerprint density at radius 3 is 2.42 bits per heavy atom. The average molecular weight is 297 g/mol. The monoisotopic (exact) mass is 296 g/mol. The van der Waals surface area contributed by atoms with Crippen molar-refractivity contribution in [1.29, 1.82) is 0 Å². The molecule has 1 aliphatic heterocycles. The predicted molar refractivity (Wildman–Crippen MR) is 75.5 cm³/mol. The summed E-state index contributed by atoms with van der Waals surface area (Å²) in [5.74, 6) is 0.946. The van der Waals surface area contributed by atoms with Crippen LogP contribution in [-0.2, 0) is 0 Å². The van der Waals surface area contributed by atoms with Crippen molar-refractivity contribution in [2.75, 3.05) is 13.1 Å². The summed E-state index contributed by atoms with van der Waals surface area (Å²) < 4.78 is 6.12. The van der Waals surface area contributed by atoms with Crippen LogP contribution >= 0.6 is 11.6 Å². The second kappa shape index (κ2) is 6.47. The van der Waals surface area contributed by atoms with Crippen LogP contribution in [0, 0.1) is 0 Å². The minimum atomic E-state index is 0. The van der Waals surface area contributed by atoms with Crippen molar-refractivity contribution < 1.29 is 17.1 Å². The first-order chi connectivity index (χ1) is 8.84. The van der Waals surface area contributed by atoms with E-state index >= 15 is 0 Å². The number of fused-ring (bicyclic) bond motifs is 1. The van der Waals surface area contributed by atoms with E-state index in [1.54, 1.807) is 0 Å². The van der Waals surface area contributed by atoms with Crippen molar-refractivity contribution in [3.63, 3.8) is 0 Å². The smallest absolute Gasteiger partial charge is 0.127 e. The number of rotatable bonds is 2. The highest BCUT2D eigenvalue weighted by Crippen LogP contribution is 2.32. The maximum Gasteiger partial charge on any atom is 0.127 e. The van der Waals surface area contributed by atoms with Gasteiger partial charge in [0.25, 0.3) is 0 Å². The third-order valence-electron chi connectivity index (χ3n) is 3.41. The summed E-state index contributed by atoms with van der Waals surface area (Å²) in [6.07, 6.45) is 2.45. The molecule has 1 fully saturated rings. The molecule has 102 valence electrons. The predicted octanol–water partition coefficient (Wildman–Crippen LogP) is 0.628. The normalized spacial score (nSPS) is 16.1. The van der Waals surface area contributed by atoms with Gasteiger partial charge in [-0.3, -0.25) is 0 Å². The average Bonchev–Trinajstić information content (AvgIpc) is 2.44. The molecular formula is C15H16Cl2NO-. The van der Waals surface area contributed by atoms with Crippen molar-refractivity contribution in [3.05, 3.63) is 41.4 Å². The summed E-state index contributed by atoms with van der Waals surface area (Å²) in [6, 6.07) is 12.0. The first-order valence-corrected chi connectivity index (χ1v) is 6.77. The van der Waals surface area contributed by atoms with Crippen LogP contribution in [0.3, 0.4) is 0 Å². The van der Waals surface area contributed by atoms with Crippen LogP contribution in [0.5, 0.6) is 5.75 Å². The number of benzene rings is 2. The molecule has 0 aliphatic carbocycles. The van der Waals surface area contributed by atoms with Crippen molar-refractivity contribution in [1.82, 2.24) is 5.32 Å². The molecule has 3 rings (SSSR count). The highest BCUT2D eigenvalue weighted by Gasteiger charge is 2.15. The van der Waals surface area contributed by atoms with Gasteiger partial charge in [0.2, 0.25) is 0 Å². The van der Waals surface area contributed by atoms with Crippen molar-refractivity contribution in [2.24, 2.45) is 0 Å². The van der Waals surface area contributed by atoms with E-state index in [9.17, 15) is 0 Å². The lowest BCUT2D eigenvalue weighted by atomic mass is 10.1. The van der Waals surface area contributed by atoms with Gasteiger partial charge in [-0.2, -0.15) is 0 Å². The maximum atomic E-state index is 6.21. The number of ether oxygens (including phenoxy) is 1. The van der Waals surface area contributed by atoms with E-state index in [0.29, 0.717) is 6.10 Å². The zero-order chi connectivity index (χ0) is 12.4. The van der Waals surface area contributed by atoms with Crippen molar-refractivity contribution in [3.8, 4) is 5.75 Å². The fraction of sp³-hybridized carbons (Fsp3) is 0.333. The molecule has 19 heavy (non-hydrogen) atoms. The summed E-state index contributed by atoms with van der Waals surface area (Å²) in [5, 5.41) is 6.29. The fourth-order valence-electron chi connectivity index (χ4n) is 2.43. The van der Waals surface area contributed by atoms with E-state index < -0.39 is 0 Å². The number of nitrogens with one attached hydrogen (secondary N) is 1. The molecule has 0 saturated carbocycles. The van der Waals surface area contributed by atoms with Crippen LogP contribution in [0.1, 0.15) is 12.8 Å². The molecule has 1 saturated heterocycles. The topological polar surface area (TPSA) is 21.3 Å². The largest absolute Gasteiger partial charge is 1.00 e. The number of piperidine rings is 1. The molecular weight excluding hydrogens is 281 g/mol. The van der Waals surface area contributed by atoms with Crippen LogP contribution in [0.4, 0.5) is 0 Å². The lowest BCUT2D eigenvalue weighted by Crippen LogP contribution is -3.00. The highest BCUT2D eigenvalue weighted by molar-refractivity contribution is 6.35. The minimum absolute atomic E-state index is 0. The first-order valence-electron chi connectivity index (χ1n) is 6.39. The molecule has 1 aliphatic rings. The molecule has 4 heteroatoms. The summed E-state index contributed by atoms with van der Waals surface area (Å²) in [6.45, 7) is 2.08. The third kappa shape index (κ3) is 3.14. The highest BCUT2D eigenvalue weighted by atomic mass is 35.5. The van der Waals surface area contributed by atoms with Gasteiger partial charge in [-0.1, -0.05) is 35.9 Å². The Balaban J connectivity index is 0.00000133. The number of hydrogen-bond acceptors (Lipinski definition) is 2. The van der Waals surface area contributed by atoms with Gasteiger partial charge in [-0.15, -0.1) is 0 Å². The van der Waals surface area contributed by atoms with Crippen molar-refractivity contribution >= 4 is 22.4 Å². The number of hydrogen-bond donors (Lipinski definition) is 1. The Kier molecular flexibility index (Phi) is 4.92. The summed E-state index contributed by atoms with van der Waals surface area (Å²) >= 11 is 6.21. The van der Waals surface area contributed by atoms with E-state index in [-0.39, 0.29) is 12.4 Å². The molecule has 2 aromatic rings. The van der Waals surface area contributed by atoms with E-state index in [1.807, 2.05) is 30.3 Å². The standard InChI is InChI=1S/C15H16ClNO.ClH/c16-14-5-6-15(13-4-2-1-3-12(13)14)18-11-7-9-17-10-8-11;/h1-6,11,17H,7-10H2;1H/p-1. The third-order valence-corrected chi connectivity index (χ3v) is 3.74. The molecule has 0 atom stereocenters. The Hall–Kier alpha value is -0.960. The van der Waals surface area contributed by atoms with Crippen LogP contribution in [0.25, 0.3) is 10.8 Å². The summed E-state index contributed by atoms with van der Waals surface area (Å²) in [5.41, 5.74) is 0. The quantitative estimate of drug-likeness (QED) is 0.878. The molecule has 0 radical (unpaired) electrons. The van der Waals surface area contributed by atoms with E-state index in [2.05, 4.69) is 11.4 Å². The zero-order valence-electron chi connectivity index (χ0n) is 10.5. The Morgan fingerprint density at radius 2 is 1.68 bits per heavy atom. The van der Waals surface area contributed by atoms with Gasteiger partial charge in [0.1, 0.15) is 11.9 Å². The molecule has 2 aromatic carbocycles. The zero-order valence-corrected chi connectivity index (χ0v) is 12.0. The lowest BCUT2D eigenvalue weighted by molar-refractivity contribution is -0.00000466. The summed E-state index contributed by atoms with van der Waals surface area (Å²) in [7, 11) is 0. The Labute approximate surface area is 124 Å². The van der Waals surface area contributed by atoms with Crippen LogP contribution in [0.2, 0.25) is 5.02 Å². The molecule has 0 amide bonds. The maximum absolute atomic E-state index is 6.21. The van der Waals surface area contributed by atoms with Crippen LogP contribution in [0.15, 0.2) is 36.4 Å². The fourth-order valence-corrected chi connectivity index (χ4v) is 2.66. The van der Waals surface area contributed by atoms with E-state index in [4.69, 9.17) is 16.3 Å². The molecule has 0 aromatic heterocycles. The second-order valence-electron chi connectivity index (χ2n) is 4.66. The second-order valence-corrected chi connectivity index (χ2v) is 5.07. The molecule has 0 spiro atoms. The Morgan fingerprint density at radius 1 is 1.00 bits per heavy atom. The van der Waals surface area contributed by atoms with Gasteiger partial charge < -0.3 is 22.5 Å². The van der Waals surface area contributed by atoms with E-state index in [0.717, 1.165) is 47.5 Å². The minimum Gasteiger partial charge on any atom is -1.00 e. The van der Waals surface area contributed by atoms with Gasteiger partial charge in [-0.05, 0) is 38.1 Å². The summed E-state index contributed by atoms with van der Waals surface area (Å²) in [4.78, 5) is 0. The van der Waals surface area contributed by atoms with Gasteiger partial charge in [0.05, 0.1) is 0 Å². The molecule has 1 N–H and O–H groups in total. The first kappa shape index (κ1) is 14.4. The lowest BCUT2D eigenvalue weighted by Gasteiger charge is -2.24. The SMILES string of the molecule is Clc1ccc(OC2CCNCC2)c2ccccc12.[Cl-]. The molecule has 1 heterocycles. The molecule has 2 nitrogen and oxygen atoms in total. The van der Waals surface area contributed by atoms with Gasteiger partial charge in [0.15, 0.2) is 0 Å². The number of halogens is 2. The van der Waals surface area contributed by atoms with Gasteiger partial charge in [-0.25, -0.2) is 0 Å². The van der Waals surface area contributed by atoms with Crippen molar-refractivity contribution in [2.45, 2.75) is 18.9 Å². The molecule has 0 bridgehead atoms. The van der Waals surface area contributed by atoms with Crippen LogP contribution in [-0.4, -0.2) is 19.2 Å². The van der Waals surface area contributed by atoms with Gasteiger partial charge >= 0.3 is 0 Å². The molecule has 0 unspecified atom stereocenters. The van der Waals surface area contributed by atoms with E-state index in [1.165, 1.54) is 0 Å². The van der Waals surface area contributed by atoms with Crippen LogP contribution < -0.4 is 22.5 Å². The Bertz CT molecular complexity index is 553. The van der Waals surface area contributed by atoms with Gasteiger partial charge in [0, 0.05) is 15.8 Å².